The van der Waals surface area contributed by atoms with Crippen LogP contribution in [-0.2, 0) is 23.8 Å². The molecule has 0 bridgehead atoms. The fraction of sp³-hybridized carbons (Fsp3) is 0.765. The number of aliphatic hydroxyl groups excluding tert-OH is 5. The number of carbonyl (C=O) groups excluding carboxylic acids is 2. The third kappa shape index (κ3) is 4.87. The van der Waals surface area contributed by atoms with Crippen molar-refractivity contribution in [1.82, 2.24) is 0 Å². The highest BCUT2D eigenvalue weighted by Gasteiger charge is 2.63. The Morgan fingerprint density at radius 3 is 2.50 bits per heavy atom. The lowest BCUT2D eigenvalue weighted by atomic mass is 9.46. The number of hydrogen-bond acceptors (Lipinski definition) is 10. The fourth-order valence-corrected chi connectivity index (χ4v) is 10.0. The van der Waals surface area contributed by atoms with Gasteiger partial charge < -0.3 is 39.7 Å². The Bertz CT molecular complexity index is 1250. The van der Waals surface area contributed by atoms with Gasteiger partial charge in [-0.2, -0.15) is 0 Å². The number of cyclic esters (lactones) is 1. The van der Waals surface area contributed by atoms with Crippen molar-refractivity contribution in [2.75, 3.05) is 13.2 Å². The molecule has 5 N–H and O–H groups in total. The summed E-state index contributed by atoms with van der Waals surface area (Å²) in [4.78, 5) is 26.5. The Morgan fingerprint density at radius 2 is 1.80 bits per heavy atom. The molecule has 10 heteroatoms. The van der Waals surface area contributed by atoms with Crippen LogP contribution in [0.25, 0.3) is 0 Å². The van der Waals surface area contributed by atoms with Crippen LogP contribution in [-0.4, -0.2) is 93.4 Å². The number of esters is 1. The van der Waals surface area contributed by atoms with Crippen LogP contribution in [0.15, 0.2) is 34.9 Å². The molecular formula is C34H48O10. The summed E-state index contributed by atoms with van der Waals surface area (Å²) in [5, 5.41) is 51.2. The largest absolute Gasteiger partial charge is 0.458 e. The van der Waals surface area contributed by atoms with Crippen molar-refractivity contribution in [1.29, 1.82) is 0 Å². The molecule has 1 saturated heterocycles. The van der Waals surface area contributed by atoms with Gasteiger partial charge in [-0.3, -0.25) is 4.79 Å². The van der Waals surface area contributed by atoms with Crippen molar-refractivity contribution in [3.63, 3.8) is 0 Å². The molecule has 0 aromatic carbocycles. The predicted octanol–water partition coefficient (Wildman–Crippen LogP) is 1.97. The first-order valence-corrected chi connectivity index (χ1v) is 16.2. The highest BCUT2D eigenvalue weighted by Crippen LogP contribution is 2.66. The zero-order valence-electron chi connectivity index (χ0n) is 26.1. The summed E-state index contributed by atoms with van der Waals surface area (Å²) in [6, 6.07) is 0. The topological polar surface area (TPSA) is 163 Å². The maximum Gasteiger partial charge on any atom is 0.336 e. The van der Waals surface area contributed by atoms with Gasteiger partial charge in [0.2, 0.25) is 0 Å². The van der Waals surface area contributed by atoms with E-state index >= 15 is 0 Å². The Labute approximate surface area is 258 Å². The van der Waals surface area contributed by atoms with Gasteiger partial charge in [-0.1, -0.05) is 37.1 Å². The molecule has 0 amide bonds. The maximum absolute atomic E-state index is 13.2. The molecule has 6 rings (SSSR count). The molecule has 0 aromatic heterocycles. The van der Waals surface area contributed by atoms with Crippen LogP contribution in [0.3, 0.4) is 0 Å². The number of rotatable bonds is 6. The van der Waals surface area contributed by atoms with Gasteiger partial charge in [0.25, 0.3) is 0 Å². The second-order valence-corrected chi connectivity index (χ2v) is 14.6. The lowest BCUT2D eigenvalue weighted by Crippen LogP contribution is -2.59. The van der Waals surface area contributed by atoms with Crippen LogP contribution in [0.5, 0.6) is 0 Å². The average molecular weight is 617 g/mol. The first kappa shape index (κ1) is 32.0. The first-order valence-electron chi connectivity index (χ1n) is 16.2. The Balaban J connectivity index is 1.14. The number of fused-ring (bicyclic) bond motifs is 5. The highest BCUT2D eigenvalue weighted by molar-refractivity contribution is 5.98. The zero-order chi connectivity index (χ0) is 31.7. The van der Waals surface area contributed by atoms with Crippen molar-refractivity contribution < 1.29 is 49.3 Å². The summed E-state index contributed by atoms with van der Waals surface area (Å²) >= 11 is 0. The Morgan fingerprint density at radius 1 is 1.05 bits per heavy atom. The summed E-state index contributed by atoms with van der Waals surface area (Å²) in [6.45, 7) is 7.68. The van der Waals surface area contributed by atoms with Crippen molar-refractivity contribution in [2.45, 2.75) is 109 Å². The highest BCUT2D eigenvalue weighted by atomic mass is 16.7. The third-order valence-corrected chi connectivity index (χ3v) is 12.7. The van der Waals surface area contributed by atoms with Crippen LogP contribution < -0.4 is 0 Å². The average Bonchev–Trinajstić information content (AvgIpc) is 3.34. The summed E-state index contributed by atoms with van der Waals surface area (Å²) in [5.74, 6) is 0.452. The number of carbonyl (C=O) groups is 2. The molecule has 10 nitrogen and oxygen atoms in total. The zero-order valence-corrected chi connectivity index (χ0v) is 26.1. The fourth-order valence-electron chi connectivity index (χ4n) is 10.0. The van der Waals surface area contributed by atoms with E-state index in [-0.39, 0.29) is 47.6 Å². The molecular weight excluding hydrogens is 568 g/mol. The number of aliphatic hydroxyl groups is 5. The standard InChI is InChI=1S/C34H48O10/c1-16-12-24(43-31(41)19(16)15-42-32-30(40)29(39)28(38)25(14-35)44-32)17(2)20-8-9-21-27-22(10-11-33(20,21)3)34(4)18(13-23(27)36)6-5-7-26(34)37/h5,7,13,17,20-25,27-30,32,35-36,38-40H,6,8-12,14-15H2,1-4H3/t17-,20+,21-,22-,23+,24+,25+,27+,28+,29-,30+,32+,33+,34-/m0/s1. The minimum atomic E-state index is -1.56. The lowest BCUT2D eigenvalue weighted by molar-refractivity contribution is -0.299. The van der Waals surface area contributed by atoms with Crippen molar-refractivity contribution >= 4 is 11.8 Å². The lowest BCUT2D eigenvalue weighted by Gasteiger charge is -2.58. The summed E-state index contributed by atoms with van der Waals surface area (Å²) in [6.07, 6.45) is 2.76. The van der Waals surface area contributed by atoms with E-state index in [4.69, 9.17) is 14.2 Å². The van der Waals surface area contributed by atoms with Gasteiger partial charge in [0.05, 0.1) is 30.3 Å². The molecule has 14 atom stereocenters. The van der Waals surface area contributed by atoms with Crippen LogP contribution >= 0.6 is 0 Å². The summed E-state index contributed by atoms with van der Waals surface area (Å²) < 4.78 is 17.1. The van der Waals surface area contributed by atoms with E-state index in [1.165, 1.54) is 0 Å². The Kier molecular flexibility index (Phi) is 8.52. The van der Waals surface area contributed by atoms with E-state index < -0.39 is 54.8 Å². The molecule has 44 heavy (non-hydrogen) atoms. The van der Waals surface area contributed by atoms with E-state index in [2.05, 4.69) is 20.8 Å². The minimum Gasteiger partial charge on any atom is -0.458 e. The SMILES string of the molecule is CC1=C(CO[C@@H]2O[C@H](CO)[C@@H](O)[C@H](O)[C@H]2O)C(=O)O[C@@H]([C@@H](C)[C@H]2CC[C@H]3[C@H]4[C@H](O)C=C5CC=CC(=O)[C@]5(C)[C@H]4CC[C@]23C)C1. The smallest absolute Gasteiger partial charge is 0.336 e. The van der Waals surface area contributed by atoms with Gasteiger partial charge in [0.1, 0.15) is 30.5 Å². The Hall–Kier alpha value is -1.92. The molecule has 0 radical (unpaired) electrons. The van der Waals surface area contributed by atoms with Crippen LogP contribution in [0.1, 0.15) is 66.2 Å². The second kappa shape index (κ2) is 11.7. The van der Waals surface area contributed by atoms with E-state index in [0.29, 0.717) is 17.9 Å². The van der Waals surface area contributed by atoms with Gasteiger partial charge in [-0.25, -0.2) is 4.79 Å². The van der Waals surface area contributed by atoms with Gasteiger partial charge in [-0.05, 0) is 87.0 Å². The van der Waals surface area contributed by atoms with Crippen molar-refractivity contribution in [3.05, 3.63) is 34.9 Å². The summed E-state index contributed by atoms with van der Waals surface area (Å²) in [7, 11) is 0. The summed E-state index contributed by atoms with van der Waals surface area (Å²) in [5.41, 5.74) is 1.62. The van der Waals surface area contributed by atoms with Gasteiger partial charge in [0, 0.05) is 6.42 Å². The predicted molar refractivity (Wildman–Crippen MR) is 158 cm³/mol. The molecule has 2 saturated carbocycles. The van der Waals surface area contributed by atoms with E-state index in [1.807, 2.05) is 19.1 Å². The van der Waals surface area contributed by atoms with Crippen LogP contribution in [0.4, 0.5) is 0 Å². The molecule has 6 aliphatic rings. The number of ether oxygens (including phenoxy) is 3. The molecule has 0 unspecified atom stereocenters. The van der Waals surface area contributed by atoms with Gasteiger partial charge in [0.15, 0.2) is 12.1 Å². The molecule has 4 aliphatic carbocycles. The monoisotopic (exact) mass is 616 g/mol. The van der Waals surface area contributed by atoms with Gasteiger partial charge >= 0.3 is 5.97 Å². The normalized spacial score (nSPS) is 47.8. The van der Waals surface area contributed by atoms with E-state index in [0.717, 1.165) is 43.3 Å². The quantitative estimate of drug-likeness (QED) is 0.220. The molecule has 0 spiro atoms. The molecule has 0 aromatic rings. The molecule has 2 heterocycles. The van der Waals surface area contributed by atoms with Crippen LogP contribution in [0, 0.1) is 40.4 Å². The molecule has 2 aliphatic heterocycles. The van der Waals surface area contributed by atoms with E-state index in [1.54, 1.807) is 6.08 Å². The third-order valence-electron chi connectivity index (χ3n) is 12.7. The number of ketones is 1. The molecule has 244 valence electrons. The van der Waals surface area contributed by atoms with Crippen molar-refractivity contribution in [3.8, 4) is 0 Å². The number of hydrogen-bond donors (Lipinski definition) is 5. The first-order chi connectivity index (χ1) is 20.8. The van der Waals surface area contributed by atoms with Crippen molar-refractivity contribution in [2.24, 2.45) is 40.4 Å². The maximum atomic E-state index is 13.2. The van der Waals surface area contributed by atoms with Crippen LogP contribution in [0.2, 0.25) is 0 Å². The second-order valence-electron chi connectivity index (χ2n) is 14.6. The number of allylic oxidation sites excluding steroid dienone is 3. The van der Waals surface area contributed by atoms with E-state index in [9.17, 15) is 35.1 Å². The molecule has 3 fully saturated rings. The van der Waals surface area contributed by atoms with Gasteiger partial charge in [-0.15, -0.1) is 0 Å². The minimum absolute atomic E-state index is 0.0249.